The third-order valence-electron chi connectivity index (χ3n) is 5.18. The number of hydrogen-bond donors (Lipinski definition) is 1. The van der Waals surface area contributed by atoms with E-state index in [9.17, 15) is 0 Å². The normalized spacial score (nSPS) is 24.7. The van der Waals surface area contributed by atoms with Crippen LogP contribution in [-0.4, -0.2) is 18.9 Å². The topological polar surface area (TPSA) is 49.0 Å². The predicted octanol–water partition coefficient (Wildman–Crippen LogP) is 5.81. The summed E-state index contributed by atoms with van der Waals surface area (Å²) in [5, 5.41) is 3.06. The van der Waals surface area contributed by atoms with E-state index in [4.69, 9.17) is 18.3 Å². The highest BCUT2D eigenvalue weighted by Crippen LogP contribution is 2.52. The molecule has 0 aliphatic carbocycles. The van der Waals surface area contributed by atoms with Gasteiger partial charge >= 0.3 is 8.60 Å². The van der Waals surface area contributed by atoms with Crippen LogP contribution in [0.2, 0.25) is 0 Å². The zero-order chi connectivity index (χ0) is 21.4. The lowest BCUT2D eigenvalue weighted by atomic mass is 9.78. The third-order valence-corrected chi connectivity index (χ3v) is 6.21. The van der Waals surface area contributed by atoms with Gasteiger partial charge in [0.2, 0.25) is 0 Å². The molecular formula is C22H33FNO4P. The average Bonchev–Trinajstić information content (AvgIpc) is 3.06. The van der Waals surface area contributed by atoms with Crippen LogP contribution in [0.1, 0.15) is 71.1 Å². The van der Waals surface area contributed by atoms with Crippen molar-refractivity contribution in [1.29, 1.82) is 0 Å². The quantitative estimate of drug-likeness (QED) is 0.603. The lowest BCUT2D eigenvalue weighted by Crippen LogP contribution is -2.26. The van der Waals surface area contributed by atoms with Crippen molar-refractivity contribution >= 4 is 8.60 Å². The Morgan fingerprint density at radius 1 is 1.21 bits per heavy atom. The Morgan fingerprint density at radius 2 is 1.90 bits per heavy atom. The molecule has 0 radical (unpaired) electrons. The molecule has 7 heteroatoms. The van der Waals surface area contributed by atoms with Crippen molar-refractivity contribution in [2.24, 2.45) is 0 Å². The molecule has 2 aliphatic rings. The summed E-state index contributed by atoms with van der Waals surface area (Å²) in [4.78, 5) is 0. The molecule has 5 nitrogen and oxygen atoms in total. The van der Waals surface area contributed by atoms with Crippen molar-refractivity contribution in [2.75, 3.05) is 6.61 Å². The molecule has 1 fully saturated rings. The van der Waals surface area contributed by atoms with Gasteiger partial charge in [-0.25, -0.2) is 4.39 Å². The molecule has 0 bridgehead atoms. The van der Waals surface area contributed by atoms with Crippen molar-refractivity contribution < 1.29 is 22.7 Å². The van der Waals surface area contributed by atoms with Gasteiger partial charge in [-0.2, -0.15) is 0 Å². The molecule has 3 unspecified atom stereocenters. The van der Waals surface area contributed by atoms with Crippen LogP contribution in [-0.2, 0) is 31.2 Å². The van der Waals surface area contributed by atoms with Gasteiger partial charge in [-0.3, -0.25) is 9.05 Å². The maximum atomic E-state index is 15.3. The van der Waals surface area contributed by atoms with Gasteiger partial charge in [0.05, 0.1) is 24.9 Å². The Balaban J connectivity index is 1.77. The predicted molar refractivity (Wildman–Crippen MR) is 113 cm³/mol. The van der Waals surface area contributed by atoms with E-state index in [0.29, 0.717) is 23.5 Å². The monoisotopic (exact) mass is 425 g/mol. The van der Waals surface area contributed by atoms with Gasteiger partial charge in [0.15, 0.2) is 0 Å². The molecule has 0 aromatic heterocycles. The van der Waals surface area contributed by atoms with Gasteiger partial charge in [-0.05, 0) is 41.5 Å². The second-order valence-electron chi connectivity index (χ2n) is 9.67. The highest BCUT2D eigenvalue weighted by atomic mass is 31.2. The molecule has 2 heterocycles. The highest BCUT2D eigenvalue weighted by Gasteiger charge is 2.36. The maximum absolute atomic E-state index is 15.3. The first kappa shape index (κ1) is 22.5. The fraction of sp³-hybridized carbons (Fsp3) is 0.636. The van der Waals surface area contributed by atoms with Gasteiger partial charge in [0, 0.05) is 5.56 Å². The van der Waals surface area contributed by atoms with Crippen LogP contribution in [0, 0.1) is 5.82 Å². The molecule has 162 valence electrons. The van der Waals surface area contributed by atoms with E-state index in [1.165, 1.54) is 0 Å². The van der Waals surface area contributed by atoms with Crippen LogP contribution in [0.4, 0.5) is 4.39 Å². The van der Waals surface area contributed by atoms with Crippen LogP contribution in [0.3, 0.4) is 0 Å². The second-order valence-corrected chi connectivity index (χ2v) is 10.8. The number of ether oxygens (including phenoxy) is 1. The van der Waals surface area contributed by atoms with Crippen LogP contribution in [0.15, 0.2) is 18.8 Å². The summed E-state index contributed by atoms with van der Waals surface area (Å²) in [5.74, 6) is 0.325. The molecule has 29 heavy (non-hydrogen) atoms. The molecule has 1 aromatic carbocycles. The van der Waals surface area contributed by atoms with E-state index in [-0.39, 0.29) is 35.6 Å². The second kappa shape index (κ2) is 8.50. The number of benzene rings is 1. The fourth-order valence-corrected chi connectivity index (χ4v) is 4.60. The molecule has 2 aliphatic heterocycles. The van der Waals surface area contributed by atoms with Gasteiger partial charge in [-0.1, -0.05) is 48.1 Å². The summed E-state index contributed by atoms with van der Waals surface area (Å²) in [5.41, 5.74) is 1.63. The van der Waals surface area contributed by atoms with Crippen LogP contribution < -0.4 is 9.84 Å². The molecule has 1 saturated heterocycles. The number of hydrogen-bond acceptors (Lipinski definition) is 5. The van der Waals surface area contributed by atoms with Crippen LogP contribution >= 0.6 is 8.60 Å². The summed E-state index contributed by atoms with van der Waals surface area (Å²) < 4.78 is 38.8. The Morgan fingerprint density at radius 3 is 2.52 bits per heavy atom. The lowest BCUT2D eigenvalue weighted by Gasteiger charge is -2.33. The van der Waals surface area contributed by atoms with E-state index in [2.05, 4.69) is 32.7 Å². The zero-order valence-electron chi connectivity index (χ0n) is 18.3. The molecule has 1 N–H and O–H groups in total. The Bertz CT molecular complexity index is 757. The first-order chi connectivity index (χ1) is 13.5. The lowest BCUT2D eigenvalue weighted by molar-refractivity contribution is 0.00442. The molecular weight excluding hydrogens is 392 g/mol. The van der Waals surface area contributed by atoms with Gasteiger partial charge in [-0.15, -0.1) is 0 Å². The number of halogens is 1. The molecule has 0 amide bonds. The van der Waals surface area contributed by atoms with Gasteiger partial charge in [0.1, 0.15) is 17.8 Å². The fourth-order valence-electron chi connectivity index (χ4n) is 3.54. The first-order valence-electron chi connectivity index (χ1n) is 10.1. The van der Waals surface area contributed by atoms with E-state index in [0.717, 1.165) is 18.4 Å². The number of nitrogens with one attached hydrogen (secondary N) is 1. The van der Waals surface area contributed by atoms with E-state index < -0.39 is 8.60 Å². The first-order valence-corrected chi connectivity index (χ1v) is 11.2. The maximum Gasteiger partial charge on any atom is 0.397 e. The van der Waals surface area contributed by atoms with Gasteiger partial charge < -0.3 is 14.6 Å². The minimum Gasteiger partial charge on any atom is -0.426 e. The average molecular weight is 425 g/mol. The summed E-state index contributed by atoms with van der Waals surface area (Å²) in [6, 6.07) is 1.94. The van der Waals surface area contributed by atoms with Crippen molar-refractivity contribution in [2.45, 2.75) is 84.2 Å². The van der Waals surface area contributed by atoms with E-state index >= 15 is 4.39 Å². The molecule has 0 saturated carbocycles. The van der Waals surface area contributed by atoms with Crippen molar-refractivity contribution in [3.05, 3.63) is 41.4 Å². The SMILES string of the molecule is C=CNC1CCC(COP2OCc3c(F)c(C(C)(C)C)cc(C(C)(C)C)c3O2)O1. The van der Waals surface area contributed by atoms with Gasteiger partial charge in [0.25, 0.3) is 0 Å². The Kier molecular flexibility index (Phi) is 6.59. The van der Waals surface area contributed by atoms with E-state index in [1.54, 1.807) is 6.20 Å². The minimum atomic E-state index is -1.60. The third kappa shape index (κ3) is 5.11. The van der Waals surface area contributed by atoms with Crippen LogP contribution in [0.25, 0.3) is 0 Å². The van der Waals surface area contributed by atoms with Crippen molar-refractivity contribution in [3.63, 3.8) is 0 Å². The molecule has 3 atom stereocenters. The molecule has 0 spiro atoms. The Labute approximate surface area is 174 Å². The van der Waals surface area contributed by atoms with Crippen molar-refractivity contribution in [3.8, 4) is 5.75 Å². The largest absolute Gasteiger partial charge is 0.426 e. The van der Waals surface area contributed by atoms with Crippen molar-refractivity contribution in [1.82, 2.24) is 5.32 Å². The number of fused-ring (bicyclic) bond motifs is 1. The minimum absolute atomic E-state index is 0.0226. The summed E-state index contributed by atoms with van der Waals surface area (Å²) >= 11 is 0. The smallest absolute Gasteiger partial charge is 0.397 e. The number of rotatable bonds is 5. The van der Waals surface area contributed by atoms with E-state index in [1.807, 2.05) is 26.8 Å². The Hall–Kier alpha value is -1.20. The molecule has 1 aromatic rings. The zero-order valence-corrected chi connectivity index (χ0v) is 19.2. The highest BCUT2D eigenvalue weighted by molar-refractivity contribution is 7.42. The molecule has 3 rings (SSSR count). The summed E-state index contributed by atoms with van der Waals surface area (Å²) in [6.45, 7) is 16.5. The summed E-state index contributed by atoms with van der Waals surface area (Å²) in [6.07, 6.45) is 3.38. The summed E-state index contributed by atoms with van der Waals surface area (Å²) in [7, 11) is -1.60. The standard InChI is InChI=1S/C22H33FNO4P/c1-8-24-18-10-9-14(27-18)12-25-29-26-13-15-19(23)16(21(2,3)4)11-17(20(15)28-29)22(5,6)7/h8,11,14,18,24H,1,9-10,12-13H2,2-7H3. The van der Waals surface area contributed by atoms with Crippen LogP contribution in [0.5, 0.6) is 5.75 Å².